The van der Waals surface area contributed by atoms with E-state index in [2.05, 4.69) is 36.3 Å². The Hall–Kier alpha value is -1.43. The fourth-order valence-electron chi connectivity index (χ4n) is 1.61. The summed E-state index contributed by atoms with van der Waals surface area (Å²) in [6, 6.07) is -0.0468. The lowest BCUT2D eigenvalue weighted by molar-refractivity contribution is -0.116. The summed E-state index contributed by atoms with van der Waals surface area (Å²) in [5.41, 5.74) is 6.00. The second-order valence-electron chi connectivity index (χ2n) is 5.40. The second kappa shape index (κ2) is 5.27. The summed E-state index contributed by atoms with van der Waals surface area (Å²) < 4.78 is 5.04. The van der Waals surface area contributed by atoms with Crippen LogP contribution in [0.25, 0.3) is 0 Å². The lowest BCUT2D eigenvalue weighted by Crippen LogP contribution is -2.31. The summed E-state index contributed by atoms with van der Waals surface area (Å²) in [6.07, 6.45) is 1.03. The van der Waals surface area contributed by atoms with Gasteiger partial charge in [-0.2, -0.15) is 0 Å². The van der Waals surface area contributed by atoms with Gasteiger partial charge in [-0.15, -0.1) is 5.10 Å². The molecule has 3 N–H and O–H groups in total. The van der Waals surface area contributed by atoms with Crippen LogP contribution in [-0.2, 0) is 4.79 Å². The van der Waals surface area contributed by atoms with Gasteiger partial charge in [0.25, 0.3) is 0 Å². The van der Waals surface area contributed by atoms with Crippen molar-refractivity contribution in [2.24, 2.45) is 11.1 Å². The Balaban J connectivity index is 2.39. The summed E-state index contributed by atoms with van der Waals surface area (Å²) >= 11 is 0. The number of carbonyl (C=O) groups excluding carboxylic acids is 1. The van der Waals surface area contributed by atoms with E-state index in [0.29, 0.717) is 5.89 Å². The van der Waals surface area contributed by atoms with Gasteiger partial charge in [0.2, 0.25) is 11.8 Å². The molecule has 0 saturated carbocycles. The fourth-order valence-corrected chi connectivity index (χ4v) is 1.61. The fraction of sp³-hybridized carbons (Fsp3) is 0.727. The number of nitrogens with one attached hydrogen (secondary N) is 1. The normalized spacial score (nSPS) is 13.5. The molecule has 0 aliphatic carbocycles. The first-order valence-corrected chi connectivity index (χ1v) is 5.62. The van der Waals surface area contributed by atoms with Gasteiger partial charge in [0.05, 0.1) is 0 Å². The first-order valence-electron chi connectivity index (χ1n) is 5.62. The van der Waals surface area contributed by atoms with Gasteiger partial charge in [-0.3, -0.25) is 10.1 Å². The van der Waals surface area contributed by atoms with Gasteiger partial charge in [-0.1, -0.05) is 25.9 Å². The van der Waals surface area contributed by atoms with Crippen LogP contribution < -0.4 is 11.1 Å². The van der Waals surface area contributed by atoms with Crippen molar-refractivity contribution in [3.63, 3.8) is 0 Å². The van der Waals surface area contributed by atoms with E-state index in [0.717, 1.165) is 6.42 Å². The van der Waals surface area contributed by atoms with Crippen LogP contribution in [0.1, 0.15) is 39.5 Å². The summed E-state index contributed by atoms with van der Waals surface area (Å²) in [5.74, 6) is 0.213. The highest BCUT2D eigenvalue weighted by Gasteiger charge is 2.18. The first kappa shape index (κ1) is 13.6. The molecule has 1 unspecified atom stereocenters. The molecule has 1 aromatic rings. The summed E-state index contributed by atoms with van der Waals surface area (Å²) in [4.78, 5) is 11.6. The van der Waals surface area contributed by atoms with Crippen molar-refractivity contribution in [2.75, 3.05) is 5.32 Å². The standard InChI is InChI=1S/C11H20N4O2/c1-7-14-15-10(17-7)13-9(16)5-8(12)6-11(2,3)4/h8H,5-6,12H2,1-4H3,(H,13,15,16). The monoisotopic (exact) mass is 240 g/mol. The van der Waals surface area contributed by atoms with Gasteiger partial charge in [0, 0.05) is 19.4 Å². The topological polar surface area (TPSA) is 94.0 Å². The molecule has 0 fully saturated rings. The average molecular weight is 240 g/mol. The molecule has 0 spiro atoms. The lowest BCUT2D eigenvalue weighted by Gasteiger charge is -2.22. The summed E-state index contributed by atoms with van der Waals surface area (Å²) in [5, 5.41) is 9.81. The van der Waals surface area contributed by atoms with E-state index in [1.807, 2.05) is 0 Å². The average Bonchev–Trinajstić information content (AvgIpc) is 2.46. The van der Waals surface area contributed by atoms with Crippen molar-refractivity contribution >= 4 is 11.9 Å². The molecule has 0 aliphatic rings. The van der Waals surface area contributed by atoms with Gasteiger partial charge in [0.15, 0.2) is 0 Å². The smallest absolute Gasteiger partial charge is 0.322 e. The van der Waals surface area contributed by atoms with Crippen molar-refractivity contribution in [1.29, 1.82) is 0 Å². The van der Waals surface area contributed by atoms with Gasteiger partial charge < -0.3 is 10.2 Å². The number of aromatic nitrogens is 2. The maximum absolute atomic E-state index is 11.6. The number of rotatable bonds is 4. The number of carbonyl (C=O) groups is 1. The molecular weight excluding hydrogens is 220 g/mol. The van der Waals surface area contributed by atoms with Crippen molar-refractivity contribution in [3.8, 4) is 0 Å². The van der Waals surface area contributed by atoms with E-state index >= 15 is 0 Å². The Morgan fingerprint density at radius 2 is 2.12 bits per heavy atom. The predicted molar refractivity (Wildman–Crippen MR) is 64.3 cm³/mol. The predicted octanol–water partition coefficient (Wildman–Crippen LogP) is 1.47. The molecule has 1 atom stereocenters. The van der Waals surface area contributed by atoms with E-state index in [4.69, 9.17) is 10.2 Å². The van der Waals surface area contributed by atoms with E-state index in [1.54, 1.807) is 6.92 Å². The van der Waals surface area contributed by atoms with Gasteiger partial charge in [-0.05, 0) is 11.8 Å². The van der Waals surface area contributed by atoms with Gasteiger partial charge >= 0.3 is 6.01 Å². The van der Waals surface area contributed by atoms with Crippen LogP contribution in [0.5, 0.6) is 0 Å². The highest BCUT2D eigenvalue weighted by molar-refractivity contribution is 5.88. The maximum atomic E-state index is 11.6. The highest BCUT2D eigenvalue weighted by atomic mass is 16.4. The molecule has 1 aromatic heterocycles. The molecule has 0 saturated heterocycles. The minimum atomic E-state index is -0.203. The van der Waals surface area contributed by atoms with Crippen LogP contribution in [0, 0.1) is 12.3 Å². The second-order valence-corrected chi connectivity index (χ2v) is 5.40. The molecule has 1 amide bonds. The van der Waals surface area contributed by atoms with Crippen molar-refractivity contribution in [1.82, 2.24) is 10.2 Å². The van der Waals surface area contributed by atoms with Crippen LogP contribution in [0.4, 0.5) is 6.01 Å². The zero-order valence-electron chi connectivity index (χ0n) is 10.8. The number of anilines is 1. The maximum Gasteiger partial charge on any atom is 0.322 e. The Kier molecular flexibility index (Phi) is 4.22. The minimum absolute atomic E-state index is 0.112. The largest absolute Gasteiger partial charge is 0.408 e. The minimum Gasteiger partial charge on any atom is -0.408 e. The van der Waals surface area contributed by atoms with Gasteiger partial charge in [0.1, 0.15) is 0 Å². The third-order valence-electron chi connectivity index (χ3n) is 2.09. The Morgan fingerprint density at radius 3 is 2.59 bits per heavy atom. The van der Waals surface area contributed by atoms with E-state index in [1.165, 1.54) is 0 Å². The van der Waals surface area contributed by atoms with Crippen LogP contribution in [0.3, 0.4) is 0 Å². The third kappa shape index (κ3) is 5.44. The molecule has 1 heterocycles. The Bertz CT molecular complexity index is 381. The quantitative estimate of drug-likeness (QED) is 0.831. The molecule has 6 heteroatoms. The molecule has 17 heavy (non-hydrogen) atoms. The Morgan fingerprint density at radius 1 is 1.47 bits per heavy atom. The number of nitrogens with two attached hydrogens (primary N) is 1. The zero-order chi connectivity index (χ0) is 13.1. The molecule has 0 aliphatic heterocycles. The first-order chi connectivity index (χ1) is 7.76. The van der Waals surface area contributed by atoms with Crippen molar-refractivity contribution in [3.05, 3.63) is 5.89 Å². The highest BCUT2D eigenvalue weighted by Crippen LogP contribution is 2.21. The molecule has 6 nitrogen and oxygen atoms in total. The Labute approximate surface area is 101 Å². The van der Waals surface area contributed by atoms with Gasteiger partial charge in [-0.25, -0.2) is 0 Å². The molecule has 1 rings (SSSR count). The number of hydrogen-bond acceptors (Lipinski definition) is 5. The number of hydrogen-bond donors (Lipinski definition) is 2. The number of aryl methyl sites for hydroxylation is 1. The zero-order valence-corrected chi connectivity index (χ0v) is 10.8. The number of nitrogens with zero attached hydrogens (tertiary/aromatic N) is 2. The summed E-state index contributed by atoms with van der Waals surface area (Å²) in [6.45, 7) is 7.93. The van der Waals surface area contributed by atoms with Crippen LogP contribution in [-0.4, -0.2) is 22.1 Å². The van der Waals surface area contributed by atoms with Crippen LogP contribution >= 0.6 is 0 Å². The van der Waals surface area contributed by atoms with E-state index in [9.17, 15) is 4.79 Å². The third-order valence-corrected chi connectivity index (χ3v) is 2.09. The number of amides is 1. The molecular formula is C11H20N4O2. The van der Waals surface area contributed by atoms with Crippen molar-refractivity contribution in [2.45, 2.75) is 46.6 Å². The molecule has 0 bridgehead atoms. The molecule has 0 radical (unpaired) electrons. The molecule has 0 aromatic carbocycles. The van der Waals surface area contributed by atoms with Crippen LogP contribution in [0.2, 0.25) is 0 Å². The van der Waals surface area contributed by atoms with Crippen LogP contribution in [0.15, 0.2) is 4.42 Å². The van der Waals surface area contributed by atoms with E-state index in [-0.39, 0.29) is 29.8 Å². The summed E-state index contributed by atoms with van der Waals surface area (Å²) in [7, 11) is 0. The van der Waals surface area contributed by atoms with E-state index < -0.39 is 0 Å². The van der Waals surface area contributed by atoms with Crippen molar-refractivity contribution < 1.29 is 9.21 Å². The molecule has 96 valence electrons. The SMILES string of the molecule is Cc1nnc(NC(=O)CC(N)CC(C)(C)C)o1. The lowest BCUT2D eigenvalue weighted by atomic mass is 9.87.